The fourth-order valence-corrected chi connectivity index (χ4v) is 1.00. The average molecular weight is 152 g/mol. The van der Waals surface area contributed by atoms with Gasteiger partial charge in [-0.25, -0.2) is 0 Å². The van der Waals surface area contributed by atoms with Gasteiger partial charge in [0.1, 0.15) is 0 Å². The number of hydrogen-bond acceptors (Lipinski definition) is 3. The number of nitrogens with two attached hydrogens (primary N) is 2. The molecule has 60 valence electrons. The van der Waals surface area contributed by atoms with Crippen molar-refractivity contribution in [3.8, 4) is 0 Å². The van der Waals surface area contributed by atoms with Crippen molar-refractivity contribution in [2.45, 2.75) is 12.8 Å². The van der Waals surface area contributed by atoms with Crippen molar-refractivity contribution in [2.75, 3.05) is 0 Å². The molecule has 0 amide bonds. The lowest BCUT2D eigenvalue weighted by molar-refractivity contribution is 0.280. The van der Waals surface area contributed by atoms with Gasteiger partial charge >= 0.3 is 0 Å². The highest BCUT2D eigenvalue weighted by Gasteiger charge is 2.03. The standard InChI is InChI=1S/C8H12N2O/c9-8(10)7-4-2-1-3-6(7)5-11/h1-4,8,11H,5,9-10H2. The molecule has 11 heavy (non-hydrogen) atoms. The van der Waals surface area contributed by atoms with Crippen molar-refractivity contribution >= 4 is 0 Å². The molecule has 0 unspecified atom stereocenters. The maximum absolute atomic E-state index is 8.86. The largest absolute Gasteiger partial charge is 0.392 e. The van der Waals surface area contributed by atoms with E-state index in [4.69, 9.17) is 16.6 Å². The molecule has 1 aromatic carbocycles. The number of aliphatic hydroxyl groups excluding tert-OH is 1. The van der Waals surface area contributed by atoms with Crippen LogP contribution in [0.25, 0.3) is 0 Å². The highest BCUT2D eigenvalue weighted by Crippen LogP contribution is 2.11. The van der Waals surface area contributed by atoms with Crippen molar-refractivity contribution in [2.24, 2.45) is 11.5 Å². The lowest BCUT2D eigenvalue weighted by atomic mass is 10.1. The summed E-state index contributed by atoms with van der Waals surface area (Å²) in [6.07, 6.45) is -0.502. The number of hydrogen-bond donors (Lipinski definition) is 3. The zero-order valence-corrected chi connectivity index (χ0v) is 6.20. The van der Waals surface area contributed by atoms with Crippen LogP contribution in [-0.2, 0) is 6.61 Å². The molecule has 0 fully saturated rings. The fraction of sp³-hybridized carbons (Fsp3) is 0.250. The molecule has 3 heteroatoms. The molecule has 0 aliphatic carbocycles. The third-order valence-electron chi connectivity index (χ3n) is 1.58. The van der Waals surface area contributed by atoms with Crippen molar-refractivity contribution < 1.29 is 5.11 Å². The van der Waals surface area contributed by atoms with Gasteiger partial charge in [0.2, 0.25) is 0 Å². The molecule has 0 bridgehead atoms. The molecule has 0 heterocycles. The van der Waals surface area contributed by atoms with Crippen LogP contribution in [0, 0.1) is 0 Å². The van der Waals surface area contributed by atoms with Crippen LogP contribution in [0.2, 0.25) is 0 Å². The zero-order valence-electron chi connectivity index (χ0n) is 6.20. The van der Waals surface area contributed by atoms with Crippen molar-refractivity contribution in [3.05, 3.63) is 35.4 Å². The highest BCUT2D eigenvalue weighted by molar-refractivity contribution is 5.28. The van der Waals surface area contributed by atoms with E-state index < -0.39 is 6.17 Å². The fourth-order valence-electron chi connectivity index (χ4n) is 1.00. The van der Waals surface area contributed by atoms with E-state index in [1.165, 1.54) is 0 Å². The van der Waals surface area contributed by atoms with Crippen LogP contribution in [0.3, 0.4) is 0 Å². The topological polar surface area (TPSA) is 72.3 Å². The van der Waals surface area contributed by atoms with E-state index in [9.17, 15) is 0 Å². The summed E-state index contributed by atoms with van der Waals surface area (Å²) in [6, 6.07) is 7.32. The quantitative estimate of drug-likeness (QED) is 0.526. The van der Waals surface area contributed by atoms with E-state index in [0.29, 0.717) is 0 Å². The van der Waals surface area contributed by atoms with E-state index in [0.717, 1.165) is 11.1 Å². The van der Waals surface area contributed by atoms with Gasteiger partial charge in [-0.1, -0.05) is 24.3 Å². The minimum Gasteiger partial charge on any atom is -0.392 e. The lowest BCUT2D eigenvalue weighted by Crippen LogP contribution is -2.21. The molecular formula is C8H12N2O. The Morgan fingerprint density at radius 2 is 1.91 bits per heavy atom. The molecule has 0 saturated heterocycles. The summed E-state index contributed by atoms with van der Waals surface area (Å²) in [5.74, 6) is 0. The summed E-state index contributed by atoms with van der Waals surface area (Å²) in [5, 5.41) is 8.86. The van der Waals surface area contributed by atoms with Crippen LogP contribution < -0.4 is 11.5 Å². The summed E-state index contributed by atoms with van der Waals surface area (Å²) in [4.78, 5) is 0. The van der Waals surface area contributed by atoms with Crippen LogP contribution in [0.4, 0.5) is 0 Å². The average Bonchev–Trinajstić information content (AvgIpc) is 2.04. The van der Waals surface area contributed by atoms with Crippen LogP contribution in [0.5, 0.6) is 0 Å². The second-order valence-electron chi connectivity index (χ2n) is 2.38. The second kappa shape index (κ2) is 3.48. The summed E-state index contributed by atoms with van der Waals surface area (Å²) >= 11 is 0. The molecule has 0 aromatic heterocycles. The van der Waals surface area contributed by atoms with Gasteiger partial charge in [-0.2, -0.15) is 0 Å². The molecule has 1 aromatic rings. The maximum atomic E-state index is 8.86. The molecule has 0 atom stereocenters. The van der Waals surface area contributed by atoms with Gasteiger partial charge < -0.3 is 16.6 Å². The Morgan fingerprint density at radius 3 is 2.36 bits per heavy atom. The van der Waals surface area contributed by atoms with E-state index in [2.05, 4.69) is 0 Å². The van der Waals surface area contributed by atoms with Crippen LogP contribution >= 0.6 is 0 Å². The predicted octanol–water partition coefficient (Wildman–Crippen LogP) is 0.0949. The van der Waals surface area contributed by atoms with Gasteiger partial charge in [-0.15, -0.1) is 0 Å². The molecule has 0 radical (unpaired) electrons. The summed E-state index contributed by atoms with van der Waals surface area (Å²) in [7, 11) is 0. The molecule has 0 aliphatic rings. The van der Waals surface area contributed by atoms with E-state index >= 15 is 0 Å². The zero-order chi connectivity index (χ0) is 8.27. The Hall–Kier alpha value is -0.900. The maximum Gasteiger partial charge on any atom is 0.0788 e. The van der Waals surface area contributed by atoms with Gasteiger partial charge in [0.25, 0.3) is 0 Å². The molecule has 5 N–H and O–H groups in total. The monoisotopic (exact) mass is 152 g/mol. The number of rotatable bonds is 2. The van der Waals surface area contributed by atoms with Crippen molar-refractivity contribution in [3.63, 3.8) is 0 Å². The van der Waals surface area contributed by atoms with Crippen LogP contribution in [0.15, 0.2) is 24.3 Å². The van der Waals surface area contributed by atoms with E-state index in [1.807, 2.05) is 24.3 Å². The first-order chi connectivity index (χ1) is 5.25. The smallest absolute Gasteiger partial charge is 0.0788 e. The normalized spacial score (nSPS) is 10.5. The summed E-state index contributed by atoms with van der Waals surface area (Å²) in [6.45, 7) is -0.0128. The van der Waals surface area contributed by atoms with Gasteiger partial charge in [-0.3, -0.25) is 0 Å². The van der Waals surface area contributed by atoms with Gasteiger partial charge in [-0.05, 0) is 11.1 Å². The van der Waals surface area contributed by atoms with Crippen molar-refractivity contribution in [1.82, 2.24) is 0 Å². The van der Waals surface area contributed by atoms with Crippen LogP contribution in [-0.4, -0.2) is 5.11 Å². The number of benzene rings is 1. The lowest BCUT2D eigenvalue weighted by Gasteiger charge is -2.09. The third-order valence-corrected chi connectivity index (χ3v) is 1.58. The molecule has 0 aliphatic heterocycles. The van der Waals surface area contributed by atoms with Crippen LogP contribution in [0.1, 0.15) is 17.3 Å². The highest BCUT2D eigenvalue weighted by atomic mass is 16.3. The third kappa shape index (κ3) is 1.77. The Morgan fingerprint density at radius 1 is 1.27 bits per heavy atom. The SMILES string of the molecule is NC(N)c1ccccc1CO. The number of aliphatic hydroxyl groups is 1. The summed E-state index contributed by atoms with van der Waals surface area (Å²) in [5.41, 5.74) is 12.5. The summed E-state index contributed by atoms with van der Waals surface area (Å²) < 4.78 is 0. The van der Waals surface area contributed by atoms with Crippen molar-refractivity contribution in [1.29, 1.82) is 0 Å². The van der Waals surface area contributed by atoms with Gasteiger partial charge in [0.15, 0.2) is 0 Å². The Balaban J connectivity index is 3.02. The van der Waals surface area contributed by atoms with E-state index in [-0.39, 0.29) is 6.61 Å². The second-order valence-corrected chi connectivity index (χ2v) is 2.38. The first-order valence-corrected chi connectivity index (χ1v) is 3.45. The Bertz CT molecular complexity index is 235. The van der Waals surface area contributed by atoms with Gasteiger partial charge in [0, 0.05) is 0 Å². The Labute approximate surface area is 65.6 Å². The first-order valence-electron chi connectivity index (χ1n) is 3.45. The van der Waals surface area contributed by atoms with E-state index in [1.54, 1.807) is 0 Å². The molecule has 3 nitrogen and oxygen atoms in total. The molecule has 1 rings (SSSR count). The predicted molar refractivity (Wildman–Crippen MR) is 43.5 cm³/mol. The van der Waals surface area contributed by atoms with Gasteiger partial charge in [0.05, 0.1) is 12.8 Å². The molecule has 0 spiro atoms. The minimum absolute atomic E-state index is 0.0128. The first kappa shape index (κ1) is 8.20. The molecular weight excluding hydrogens is 140 g/mol. The molecule has 0 saturated carbocycles. The minimum atomic E-state index is -0.502. The Kier molecular flexibility index (Phi) is 2.59.